The molecule has 1 saturated heterocycles. The fourth-order valence-corrected chi connectivity index (χ4v) is 3.08. The fraction of sp³-hybridized carbons (Fsp3) is 0.611. The van der Waals surface area contributed by atoms with Crippen LogP contribution in [0, 0.1) is 0 Å². The minimum atomic E-state index is -0.704. The summed E-state index contributed by atoms with van der Waals surface area (Å²) in [5.74, 6) is 0.361. The molecule has 3 N–H and O–H groups in total. The first kappa shape index (κ1) is 20.9. The number of likely N-dealkylation sites (tertiary alicyclic amines) is 1. The molecule has 0 aromatic heterocycles. The molecule has 2 rings (SSSR count). The second-order valence-electron chi connectivity index (χ2n) is 6.35. The number of benzene rings is 1. The number of methoxy groups -OCH3 is 1. The molecule has 1 aromatic carbocycles. The van der Waals surface area contributed by atoms with Crippen molar-refractivity contribution in [3.63, 3.8) is 0 Å². The molecule has 0 saturated carbocycles. The van der Waals surface area contributed by atoms with Gasteiger partial charge in [0.25, 0.3) is 5.91 Å². The van der Waals surface area contributed by atoms with Crippen LogP contribution in [0.3, 0.4) is 0 Å². The van der Waals surface area contributed by atoms with Crippen LogP contribution in [0.25, 0.3) is 0 Å². The van der Waals surface area contributed by atoms with Gasteiger partial charge in [-0.1, -0.05) is 11.6 Å². The van der Waals surface area contributed by atoms with E-state index in [0.29, 0.717) is 36.0 Å². The Bertz CT molecular complexity index is 579. The summed E-state index contributed by atoms with van der Waals surface area (Å²) >= 11 is 6.27. The molecule has 1 heterocycles. The summed E-state index contributed by atoms with van der Waals surface area (Å²) in [4.78, 5) is 14.1. The number of halogens is 1. The highest BCUT2D eigenvalue weighted by atomic mass is 35.5. The zero-order valence-corrected chi connectivity index (χ0v) is 15.7. The van der Waals surface area contributed by atoms with Crippen molar-refractivity contribution in [2.45, 2.75) is 25.0 Å². The van der Waals surface area contributed by atoms with Crippen LogP contribution in [0.2, 0.25) is 5.02 Å². The number of rotatable bonds is 9. The molecule has 1 fully saturated rings. The predicted molar refractivity (Wildman–Crippen MR) is 98.8 cm³/mol. The van der Waals surface area contributed by atoms with Crippen LogP contribution in [0.5, 0.6) is 5.75 Å². The summed E-state index contributed by atoms with van der Waals surface area (Å²) in [6.07, 6.45) is 0.961. The van der Waals surface area contributed by atoms with Gasteiger partial charge in [0, 0.05) is 38.9 Å². The van der Waals surface area contributed by atoms with Gasteiger partial charge < -0.3 is 29.9 Å². The number of carbonyl (C=O) groups excluding carboxylic acids is 1. The lowest BCUT2D eigenvalue weighted by molar-refractivity contribution is 0.0346. The number of β-amino-alcohol motifs (C(OH)–C–C–N with tert-alkyl or cyclic N) is 1. The summed E-state index contributed by atoms with van der Waals surface area (Å²) in [6.45, 7) is 2.72. The van der Waals surface area contributed by atoms with E-state index in [1.54, 1.807) is 25.3 Å². The molecule has 0 radical (unpaired) electrons. The maximum Gasteiger partial charge on any atom is 0.251 e. The molecule has 1 aliphatic rings. The van der Waals surface area contributed by atoms with E-state index >= 15 is 0 Å². The third kappa shape index (κ3) is 6.41. The largest absolute Gasteiger partial charge is 0.489 e. The Morgan fingerprint density at radius 3 is 2.77 bits per heavy atom. The minimum absolute atomic E-state index is 0.0383. The third-order valence-corrected chi connectivity index (χ3v) is 4.59. The normalized spacial score (nSPS) is 17.1. The van der Waals surface area contributed by atoms with E-state index in [1.165, 1.54) is 0 Å². The number of hydrogen-bond acceptors (Lipinski definition) is 6. The van der Waals surface area contributed by atoms with Crippen molar-refractivity contribution in [2.24, 2.45) is 0 Å². The lowest BCUT2D eigenvalue weighted by atomic mass is 10.1. The van der Waals surface area contributed by atoms with Gasteiger partial charge in [0.15, 0.2) is 0 Å². The van der Waals surface area contributed by atoms with Gasteiger partial charge in [0.2, 0.25) is 0 Å². The molecule has 8 heteroatoms. The number of hydrogen-bond donors (Lipinski definition) is 3. The van der Waals surface area contributed by atoms with E-state index in [2.05, 4.69) is 10.2 Å². The summed E-state index contributed by atoms with van der Waals surface area (Å²) in [6, 6.07) is 5.01. The van der Waals surface area contributed by atoms with Gasteiger partial charge in [-0.2, -0.15) is 0 Å². The zero-order chi connectivity index (χ0) is 18.9. The van der Waals surface area contributed by atoms with Crippen molar-refractivity contribution in [1.29, 1.82) is 0 Å². The summed E-state index contributed by atoms with van der Waals surface area (Å²) in [5, 5.41) is 21.6. The third-order valence-electron chi connectivity index (χ3n) is 4.29. The van der Waals surface area contributed by atoms with Gasteiger partial charge >= 0.3 is 0 Å². The zero-order valence-electron chi connectivity index (χ0n) is 15.0. The van der Waals surface area contributed by atoms with Gasteiger partial charge in [-0.25, -0.2) is 0 Å². The number of aliphatic hydroxyl groups is 2. The van der Waals surface area contributed by atoms with Crippen LogP contribution in [0.15, 0.2) is 18.2 Å². The van der Waals surface area contributed by atoms with Crippen LogP contribution in [0.4, 0.5) is 0 Å². The van der Waals surface area contributed by atoms with Crippen molar-refractivity contribution >= 4 is 17.5 Å². The molecular formula is C18H27ClN2O5. The highest BCUT2D eigenvalue weighted by Gasteiger charge is 2.23. The molecular weight excluding hydrogens is 360 g/mol. The molecule has 0 aliphatic carbocycles. The van der Waals surface area contributed by atoms with E-state index < -0.39 is 6.10 Å². The number of nitrogens with zero attached hydrogens (tertiary/aromatic N) is 1. The Hall–Kier alpha value is -1.38. The molecule has 146 valence electrons. The lowest BCUT2D eigenvalue weighted by Gasteiger charge is -2.33. The van der Waals surface area contributed by atoms with Gasteiger partial charge in [-0.3, -0.25) is 4.79 Å². The van der Waals surface area contributed by atoms with Crippen molar-refractivity contribution in [2.75, 3.05) is 46.5 Å². The SMILES string of the molecule is COCCNC(=O)c1ccc(OC2CCN(C[C@@H](O)CO)CC2)c(Cl)c1. The number of carbonyl (C=O) groups is 1. The van der Waals surface area contributed by atoms with Gasteiger partial charge in [-0.15, -0.1) is 0 Å². The van der Waals surface area contributed by atoms with Gasteiger partial charge in [-0.05, 0) is 31.0 Å². The molecule has 7 nitrogen and oxygen atoms in total. The quantitative estimate of drug-likeness (QED) is 0.546. The number of nitrogens with one attached hydrogen (secondary N) is 1. The van der Waals surface area contributed by atoms with Crippen molar-refractivity contribution < 1.29 is 24.5 Å². The number of ether oxygens (including phenoxy) is 2. The first-order valence-corrected chi connectivity index (χ1v) is 9.16. The number of amides is 1. The smallest absolute Gasteiger partial charge is 0.251 e. The summed E-state index contributed by atoms with van der Waals surface area (Å²) in [7, 11) is 1.58. The minimum Gasteiger partial charge on any atom is -0.489 e. The van der Waals surface area contributed by atoms with Gasteiger partial charge in [0.05, 0.1) is 24.3 Å². The van der Waals surface area contributed by atoms with Gasteiger partial charge in [0.1, 0.15) is 11.9 Å². The Kier molecular flexibility index (Phi) is 8.61. The molecule has 1 aromatic rings. The summed E-state index contributed by atoms with van der Waals surface area (Å²) in [5.41, 5.74) is 0.478. The number of aliphatic hydroxyl groups excluding tert-OH is 2. The Morgan fingerprint density at radius 1 is 1.42 bits per heavy atom. The predicted octanol–water partition coefficient (Wildman–Crippen LogP) is 0.913. The van der Waals surface area contributed by atoms with E-state index in [1.807, 2.05) is 0 Å². The average molecular weight is 387 g/mol. The Labute approximate surface area is 158 Å². The molecule has 0 unspecified atom stereocenters. The number of piperidine rings is 1. The van der Waals surface area contributed by atoms with Crippen LogP contribution < -0.4 is 10.1 Å². The maximum absolute atomic E-state index is 12.0. The van der Waals surface area contributed by atoms with Crippen molar-refractivity contribution in [1.82, 2.24) is 10.2 Å². The van der Waals surface area contributed by atoms with Crippen LogP contribution in [-0.2, 0) is 4.74 Å². The molecule has 0 spiro atoms. The maximum atomic E-state index is 12.0. The van der Waals surface area contributed by atoms with E-state index in [-0.39, 0.29) is 18.6 Å². The summed E-state index contributed by atoms with van der Waals surface area (Å²) < 4.78 is 10.9. The molecule has 1 atom stereocenters. The lowest BCUT2D eigenvalue weighted by Crippen LogP contribution is -2.42. The molecule has 0 bridgehead atoms. The Morgan fingerprint density at radius 2 is 2.15 bits per heavy atom. The van der Waals surface area contributed by atoms with Crippen LogP contribution >= 0.6 is 11.6 Å². The highest BCUT2D eigenvalue weighted by Crippen LogP contribution is 2.28. The molecule has 26 heavy (non-hydrogen) atoms. The Balaban J connectivity index is 1.84. The van der Waals surface area contributed by atoms with E-state index in [9.17, 15) is 9.90 Å². The van der Waals surface area contributed by atoms with E-state index in [0.717, 1.165) is 25.9 Å². The monoisotopic (exact) mass is 386 g/mol. The highest BCUT2D eigenvalue weighted by molar-refractivity contribution is 6.32. The van der Waals surface area contributed by atoms with Crippen molar-refractivity contribution in [3.05, 3.63) is 28.8 Å². The first-order valence-electron chi connectivity index (χ1n) is 8.78. The average Bonchev–Trinajstić information content (AvgIpc) is 2.64. The molecule has 1 amide bonds. The molecule has 1 aliphatic heterocycles. The fourth-order valence-electron chi connectivity index (χ4n) is 2.85. The second-order valence-corrected chi connectivity index (χ2v) is 6.76. The van der Waals surface area contributed by atoms with Crippen molar-refractivity contribution in [3.8, 4) is 5.75 Å². The topological polar surface area (TPSA) is 91.3 Å². The standard InChI is InChI=1S/C18H27ClN2O5/c1-25-9-6-20-18(24)13-2-3-17(16(19)10-13)26-15-4-7-21(8-5-15)11-14(23)12-22/h2-3,10,14-15,22-23H,4-9,11-12H2,1H3,(H,20,24)/t14-/m1/s1. The van der Waals surface area contributed by atoms with Crippen LogP contribution in [0.1, 0.15) is 23.2 Å². The van der Waals surface area contributed by atoms with E-state index in [4.69, 9.17) is 26.2 Å². The second kappa shape index (κ2) is 10.7. The van der Waals surface area contributed by atoms with Crippen LogP contribution in [-0.4, -0.2) is 79.7 Å². The first-order chi connectivity index (χ1) is 12.5.